The van der Waals surface area contributed by atoms with Gasteiger partial charge in [0.1, 0.15) is 22.8 Å². The third kappa shape index (κ3) is 4.84. The van der Waals surface area contributed by atoms with Gasteiger partial charge in [-0.15, -0.1) is 0 Å². The van der Waals surface area contributed by atoms with Crippen LogP contribution in [0.4, 0.5) is 5.82 Å². The first-order valence-electron chi connectivity index (χ1n) is 10.5. The van der Waals surface area contributed by atoms with Crippen molar-refractivity contribution in [2.75, 3.05) is 26.1 Å². The van der Waals surface area contributed by atoms with Crippen LogP contribution in [0.3, 0.4) is 0 Å². The summed E-state index contributed by atoms with van der Waals surface area (Å²) in [5.41, 5.74) is 2.79. The number of hydrogen-bond acceptors (Lipinski definition) is 6. The van der Waals surface area contributed by atoms with E-state index in [0.717, 1.165) is 59.0 Å². The number of unbranched alkanes of at least 4 members (excludes halogenated alkanes) is 1. The molecule has 7 heteroatoms. The van der Waals surface area contributed by atoms with Crippen LogP contribution < -0.4 is 14.8 Å². The van der Waals surface area contributed by atoms with Crippen molar-refractivity contribution in [3.8, 4) is 11.5 Å². The predicted octanol–water partition coefficient (Wildman–Crippen LogP) is 4.16. The van der Waals surface area contributed by atoms with E-state index in [4.69, 9.17) is 14.5 Å². The van der Waals surface area contributed by atoms with Crippen LogP contribution >= 0.6 is 0 Å². The highest BCUT2D eigenvalue weighted by atomic mass is 16.5. The Kier molecular flexibility index (Phi) is 7.52. The van der Waals surface area contributed by atoms with Gasteiger partial charge in [-0.05, 0) is 38.0 Å². The lowest BCUT2D eigenvalue weighted by molar-refractivity contribution is 0.276. The molecule has 1 atom stereocenters. The number of aliphatic hydroxyl groups is 1. The quantitative estimate of drug-likeness (QED) is 0.492. The minimum absolute atomic E-state index is 0.147. The van der Waals surface area contributed by atoms with Crippen molar-refractivity contribution in [1.29, 1.82) is 0 Å². The summed E-state index contributed by atoms with van der Waals surface area (Å²) in [6, 6.07) is 7.96. The Bertz CT molecular complexity index is 948. The summed E-state index contributed by atoms with van der Waals surface area (Å²) < 4.78 is 13.3. The molecule has 0 unspecified atom stereocenters. The molecule has 162 valence electrons. The summed E-state index contributed by atoms with van der Waals surface area (Å²) in [7, 11) is 3.33. The fraction of sp³-hybridized carbons (Fsp3) is 0.478. The topological polar surface area (TPSA) is 81.4 Å². The third-order valence-electron chi connectivity index (χ3n) is 5.31. The fourth-order valence-corrected chi connectivity index (χ4v) is 3.80. The number of ether oxygens (including phenoxy) is 2. The van der Waals surface area contributed by atoms with Gasteiger partial charge in [0.25, 0.3) is 0 Å². The highest BCUT2D eigenvalue weighted by Gasteiger charge is 2.17. The molecule has 0 fully saturated rings. The molecule has 3 aromatic rings. The lowest BCUT2D eigenvalue weighted by Crippen LogP contribution is -2.22. The summed E-state index contributed by atoms with van der Waals surface area (Å²) in [5, 5.41) is 13.1. The van der Waals surface area contributed by atoms with E-state index in [1.54, 1.807) is 14.2 Å². The van der Waals surface area contributed by atoms with Crippen LogP contribution in [-0.4, -0.2) is 46.5 Å². The molecular weight excluding hydrogens is 380 g/mol. The summed E-state index contributed by atoms with van der Waals surface area (Å²) in [6.07, 6.45) is 5.91. The molecule has 0 radical (unpaired) electrons. The van der Waals surface area contributed by atoms with E-state index in [-0.39, 0.29) is 12.6 Å². The SMILES string of the molecule is CCCC[C@@H](CCO)Nc1nc(C)nc2ccn(Cc3c(OC)cccc3OC)c12. The number of rotatable bonds is 11. The molecule has 2 aromatic heterocycles. The number of aryl methyl sites for hydroxylation is 1. The van der Waals surface area contributed by atoms with E-state index in [1.807, 2.05) is 37.4 Å². The minimum atomic E-state index is 0.147. The molecule has 3 rings (SSSR count). The van der Waals surface area contributed by atoms with Gasteiger partial charge in [0.15, 0.2) is 5.82 Å². The Morgan fingerprint density at radius 2 is 1.83 bits per heavy atom. The van der Waals surface area contributed by atoms with Crippen molar-refractivity contribution < 1.29 is 14.6 Å². The highest BCUT2D eigenvalue weighted by Crippen LogP contribution is 2.31. The van der Waals surface area contributed by atoms with Crippen LogP contribution in [0.25, 0.3) is 11.0 Å². The predicted molar refractivity (Wildman–Crippen MR) is 120 cm³/mol. The zero-order chi connectivity index (χ0) is 21.5. The van der Waals surface area contributed by atoms with Gasteiger partial charge in [-0.25, -0.2) is 9.97 Å². The molecule has 0 aliphatic carbocycles. The second-order valence-corrected chi connectivity index (χ2v) is 7.43. The maximum absolute atomic E-state index is 9.50. The number of nitrogens with one attached hydrogen (secondary N) is 1. The molecule has 7 nitrogen and oxygen atoms in total. The maximum Gasteiger partial charge on any atom is 0.154 e. The van der Waals surface area contributed by atoms with Crippen molar-refractivity contribution in [1.82, 2.24) is 14.5 Å². The van der Waals surface area contributed by atoms with Crippen molar-refractivity contribution in [2.45, 2.75) is 52.1 Å². The van der Waals surface area contributed by atoms with Gasteiger partial charge in [0, 0.05) is 18.8 Å². The number of fused-ring (bicyclic) bond motifs is 1. The van der Waals surface area contributed by atoms with E-state index in [0.29, 0.717) is 13.0 Å². The van der Waals surface area contributed by atoms with E-state index in [2.05, 4.69) is 21.8 Å². The van der Waals surface area contributed by atoms with Crippen LogP contribution in [0, 0.1) is 6.92 Å². The van der Waals surface area contributed by atoms with E-state index < -0.39 is 0 Å². The molecule has 30 heavy (non-hydrogen) atoms. The minimum Gasteiger partial charge on any atom is -0.496 e. The first-order valence-corrected chi connectivity index (χ1v) is 10.5. The summed E-state index contributed by atoms with van der Waals surface area (Å²) in [5.74, 6) is 3.07. The Balaban J connectivity index is 2.02. The molecule has 0 bridgehead atoms. The van der Waals surface area contributed by atoms with Gasteiger partial charge in [0.05, 0.1) is 31.8 Å². The van der Waals surface area contributed by atoms with Crippen LogP contribution in [0.5, 0.6) is 11.5 Å². The number of nitrogens with zero attached hydrogens (tertiary/aromatic N) is 3. The molecule has 0 saturated carbocycles. The second-order valence-electron chi connectivity index (χ2n) is 7.43. The number of aliphatic hydroxyl groups excluding tert-OH is 1. The number of hydrogen-bond donors (Lipinski definition) is 2. The third-order valence-corrected chi connectivity index (χ3v) is 5.31. The van der Waals surface area contributed by atoms with Gasteiger partial charge >= 0.3 is 0 Å². The van der Waals surface area contributed by atoms with Gasteiger partial charge in [-0.1, -0.05) is 25.8 Å². The molecule has 0 aliphatic rings. The Morgan fingerprint density at radius 3 is 2.47 bits per heavy atom. The first-order chi connectivity index (χ1) is 14.6. The second kappa shape index (κ2) is 10.3. The number of methoxy groups -OCH3 is 2. The number of aromatic nitrogens is 3. The van der Waals surface area contributed by atoms with Crippen molar-refractivity contribution >= 4 is 16.9 Å². The molecule has 0 aliphatic heterocycles. The van der Waals surface area contributed by atoms with Crippen LogP contribution in [-0.2, 0) is 6.54 Å². The smallest absolute Gasteiger partial charge is 0.154 e. The van der Waals surface area contributed by atoms with Gasteiger partial charge in [0.2, 0.25) is 0 Å². The first kappa shape index (κ1) is 21.9. The van der Waals surface area contributed by atoms with Crippen molar-refractivity contribution in [3.63, 3.8) is 0 Å². The Morgan fingerprint density at radius 1 is 1.10 bits per heavy atom. The summed E-state index contributed by atoms with van der Waals surface area (Å²) >= 11 is 0. The largest absolute Gasteiger partial charge is 0.496 e. The normalized spacial score (nSPS) is 12.2. The van der Waals surface area contributed by atoms with E-state index in [1.165, 1.54) is 0 Å². The number of anilines is 1. The van der Waals surface area contributed by atoms with Crippen molar-refractivity contribution in [2.24, 2.45) is 0 Å². The average Bonchev–Trinajstić information content (AvgIpc) is 3.14. The van der Waals surface area contributed by atoms with Gasteiger partial charge in [-0.3, -0.25) is 0 Å². The maximum atomic E-state index is 9.50. The lowest BCUT2D eigenvalue weighted by Gasteiger charge is -2.20. The van der Waals surface area contributed by atoms with Crippen LogP contribution in [0.1, 0.15) is 44.0 Å². The van der Waals surface area contributed by atoms with Gasteiger partial charge in [-0.2, -0.15) is 0 Å². The van der Waals surface area contributed by atoms with E-state index in [9.17, 15) is 5.11 Å². The van der Waals surface area contributed by atoms with Gasteiger partial charge < -0.3 is 24.5 Å². The molecule has 1 aromatic carbocycles. The monoisotopic (exact) mass is 412 g/mol. The molecule has 0 spiro atoms. The summed E-state index contributed by atoms with van der Waals surface area (Å²) in [4.78, 5) is 9.32. The highest BCUT2D eigenvalue weighted by molar-refractivity contribution is 5.87. The van der Waals surface area contributed by atoms with Crippen molar-refractivity contribution in [3.05, 3.63) is 41.9 Å². The summed E-state index contributed by atoms with van der Waals surface area (Å²) in [6.45, 7) is 4.79. The molecule has 0 saturated heterocycles. The average molecular weight is 413 g/mol. The van der Waals surface area contributed by atoms with Crippen LogP contribution in [0.2, 0.25) is 0 Å². The molecular formula is C23H32N4O3. The number of benzene rings is 1. The molecule has 2 heterocycles. The standard InChI is InChI=1S/C23H32N4O3/c1-5-6-8-17(12-14-28)26-23-22-19(24-16(2)25-23)11-13-27(22)15-18-20(29-3)9-7-10-21(18)30-4/h7,9-11,13,17,28H,5-6,8,12,14-15H2,1-4H3,(H,24,25,26)/t17-/m0/s1. The molecule has 2 N–H and O–H groups in total. The molecule has 0 amide bonds. The Labute approximate surface area is 178 Å². The van der Waals surface area contributed by atoms with Crippen LogP contribution in [0.15, 0.2) is 30.5 Å². The fourth-order valence-electron chi connectivity index (χ4n) is 3.80. The zero-order valence-corrected chi connectivity index (χ0v) is 18.3. The lowest BCUT2D eigenvalue weighted by atomic mass is 10.1. The Hall–Kier alpha value is -2.80. The van der Waals surface area contributed by atoms with E-state index >= 15 is 0 Å². The zero-order valence-electron chi connectivity index (χ0n) is 18.3.